The fourth-order valence-electron chi connectivity index (χ4n) is 1.98. The number of hydrogen-bond donors (Lipinski definition) is 2. The maximum atomic E-state index is 12.1. The SMILES string of the molecule is CC(C)Nc1ccccc1C(=O)NCCOCC1CC1. The van der Waals surface area contributed by atoms with E-state index >= 15 is 0 Å². The van der Waals surface area contributed by atoms with Gasteiger partial charge >= 0.3 is 0 Å². The summed E-state index contributed by atoms with van der Waals surface area (Å²) in [4.78, 5) is 12.1. The molecule has 1 aliphatic rings. The summed E-state index contributed by atoms with van der Waals surface area (Å²) in [6, 6.07) is 7.87. The quantitative estimate of drug-likeness (QED) is 0.718. The van der Waals surface area contributed by atoms with Crippen LogP contribution in [-0.2, 0) is 4.74 Å². The molecule has 110 valence electrons. The molecule has 0 radical (unpaired) electrons. The second-order valence-electron chi connectivity index (χ2n) is 5.62. The van der Waals surface area contributed by atoms with E-state index in [0.29, 0.717) is 24.8 Å². The number of benzene rings is 1. The second-order valence-corrected chi connectivity index (χ2v) is 5.62. The fraction of sp³-hybridized carbons (Fsp3) is 0.562. The summed E-state index contributed by atoms with van der Waals surface area (Å²) in [6.07, 6.45) is 2.58. The van der Waals surface area contributed by atoms with Crippen molar-refractivity contribution in [2.75, 3.05) is 25.1 Å². The van der Waals surface area contributed by atoms with Gasteiger partial charge in [-0.15, -0.1) is 0 Å². The molecule has 1 amide bonds. The highest BCUT2D eigenvalue weighted by molar-refractivity contribution is 5.99. The van der Waals surface area contributed by atoms with Crippen LogP contribution in [0.3, 0.4) is 0 Å². The zero-order chi connectivity index (χ0) is 14.4. The van der Waals surface area contributed by atoms with Gasteiger partial charge in [-0.05, 0) is 44.7 Å². The first kappa shape index (κ1) is 14.9. The van der Waals surface area contributed by atoms with Crippen LogP contribution in [0.25, 0.3) is 0 Å². The van der Waals surface area contributed by atoms with Gasteiger partial charge in [0.25, 0.3) is 5.91 Å². The highest BCUT2D eigenvalue weighted by atomic mass is 16.5. The molecule has 0 aliphatic heterocycles. The van der Waals surface area contributed by atoms with Gasteiger partial charge in [0, 0.05) is 24.9 Å². The first-order valence-electron chi connectivity index (χ1n) is 7.38. The molecule has 1 aliphatic carbocycles. The van der Waals surface area contributed by atoms with Crippen molar-refractivity contribution in [2.45, 2.75) is 32.7 Å². The molecule has 4 heteroatoms. The zero-order valence-corrected chi connectivity index (χ0v) is 12.3. The van der Waals surface area contributed by atoms with Crippen LogP contribution in [-0.4, -0.2) is 31.7 Å². The van der Waals surface area contributed by atoms with E-state index in [1.54, 1.807) is 0 Å². The Hall–Kier alpha value is -1.55. The van der Waals surface area contributed by atoms with Gasteiger partial charge in [-0.3, -0.25) is 4.79 Å². The van der Waals surface area contributed by atoms with Crippen molar-refractivity contribution in [3.63, 3.8) is 0 Å². The minimum Gasteiger partial charge on any atom is -0.382 e. The molecule has 0 bridgehead atoms. The van der Waals surface area contributed by atoms with Gasteiger partial charge in [0.1, 0.15) is 0 Å². The predicted molar refractivity (Wildman–Crippen MR) is 81.1 cm³/mol. The standard InChI is InChI=1S/C16H24N2O2/c1-12(2)18-15-6-4-3-5-14(15)16(19)17-9-10-20-11-13-7-8-13/h3-6,12-13,18H,7-11H2,1-2H3,(H,17,19). The van der Waals surface area contributed by atoms with Crippen LogP contribution < -0.4 is 10.6 Å². The molecule has 0 spiro atoms. The van der Waals surface area contributed by atoms with Crippen LogP contribution >= 0.6 is 0 Å². The monoisotopic (exact) mass is 276 g/mol. The molecule has 1 aromatic rings. The third kappa shape index (κ3) is 4.85. The third-order valence-corrected chi connectivity index (χ3v) is 3.20. The molecule has 1 fully saturated rings. The van der Waals surface area contributed by atoms with Gasteiger partial charge in [-0.1, -0.05) is 12.1 Å². The fourth-order valence-corrected chi connectivity index (χ4v) is 1.98. The lowest BCUT2D eigenvalue weighted by atomic mass is 10.1. The van der Waals surface area contributed by atoms with Crippen molar-refractivity contribution in [2.24, 2.45) is 5.92 Å². The van der Waals surface area contributed by atoms with Gasteiger partial charge < -0.3 is 15.4 Å². The van der Waals surface area contributed by atoms with E-state index < -0.39 is 0 Å². The van der Waals surface area contributed by atoms with Crippen LogP contribution in [0.5, 0.6) is 0 Å². The van der Waals surface area contributed by atoms with Crippen molar-refractivity contribution in [1.29, 1.82) is 0 Å². The van der Waals surface area contributed by atoms with E-state index in [4.69, 9.17) is 4.74 Å². The summed E-state index contributed by atoms with van der Waals surface area (Å²) in [5, 5.41) is 6.19. The van der Waals surface area contributed by atoms with E-state index in [1.165, 1.54) is 12.8 Å². The number of amides is 1. The number of carbonyl (C=O) groups excluding carboxylic acids is 1. The summed E-state index contributed by atoms with van der Waals surface area (Å²) in [5.41, 5.74) is 1.56. The van der Waals surface area contributed by atoms with Crippen LogP contribution in [0.1, 0.15) is 37.0 Å². The predicted octanol–water partition coefficient (Wildman–Crippen LogP) is 2.66. The summed E-state index contributed by atoms with van der Waals surface area (Å²) in [6.45, 7) is 6.09. The van der Waals surface area contributed by atoms with Crippen molar-refractivity contribution in [3.05, 3.63) is 29.8 Å². The Bertz CT molecular complexity index is 442. The van der Waals surface area contributed by atoms with Gasteiger partial charge in [-0.2, -0.15) is 0 Å². The van der Waals surface area contributed by atoms with E-state index in [2.05, 4.69) is 24.5 Å². The molecular weight excluding hydrogens is 252 g/mol. The number of ether oxygens (including phenoxy) is 1. The van der Waals surface area contributed by atoms with Gasteiger partial charge in [0.2, 0.25) is 0 Å². The van der Waals surface area contributed by atoms with Crippen LogP contribution in [0, 0.1) is 5.92 Å². The average molecular weight is 276 g/mol. The molecule has 2 rings (SSSR count). The molecule has 0 unspecified atom stereocenters. The largest absolute Gasteiger partial charge is 0.382 e. The molecule has 2 N–H and O–H groups in total. The minimum atomic E-state index is -0.0521. The molecule has 1 saturated carbocycles. The van der Waals surface area contributed by atoms with Crippen LogP contribution in [0.2, 0.25) is 0 Å². The summed E-state index contributed by atoms with van der Waals surface area (Å²) in [7, 11) is 0. The number of carbonyl (C=O) groups is 1. The van der Waals surface area contributed by atoms with Gasteiger partial charge in [0.15, 0.2) is 0 Å². The van der Waals surface area contributed by atoms with Crippen molar-refractivity contribution in [3.8, 4) is 0 Å². The number of hydrogen-bond acceptors (Lipinski definition) is 3. The molecule has 0 saturated heterocycles. The Balaban J connectivity index is 1.78. The molecule has 1 aromatic carbocycles. The molecule has 0 atom stereocenters. The maximum absolute atomic E-state index is 12.1. The van der Waals surface area contributed by atoms with Crippen molar-refractivity contribution >= 4 is 11.6 Å². The molecule has 0 aromatic heterocycles. The second kappa shape index (κ2) is 7.29. The summed E-state index contributed by atoms with van der Waals surface area (Å²) in [5.74, 6) is 0.713. The first-order chi connectivity index (χ1) is 9.66. The van der Waals surface area contributed by atoms with Crippen molar-refractivity contribution < 1.29 is 9.53 Å². The smallest absolute Gasteiger partial charge is 0.253 e. The Kier molecular flexibility index (Phi) is 5.41. The Morgan fingerprint density at radius 3 is 2.80 bits per heavy atom. The Morgan fingerprint density at radius 1 is 1.35 bits per heavy atom. The van der Waals surface area contributed by atoms with Crippen molar-refractivity contribution in [1.82, 2.24) is 5.32 Å². The summed E-state index contributed by atoms with van der Waals surface area (Å²) < 4.78 is 5.51. The van der Waals surface area contributed by atoms with E-state index in [-0.39, 0.29) is 5.91 Å². The topological polar surface area (TPSA) is 50.4 Å². The highest BCUT2D eigenvalue weighted by Gasteiger charge is 2.20. The Labute approximate surface area is 120 Å². The number of anilines is 1. The van der Waals surface area contributed by atoms with Gasteiger partial charge in [-0.25, -0.2) is 0 Å². The lowest BCUT2D eigenvalue weighted by Gasteiger charge is -2.14. The van der Waals surface area contributed by atoms with Gasteiger partial charge in [0.05, 0.1) is 12.2 Å². The van der Waals surface area contributed by atoms with Crippen LogP contribution in [0.15, 0.2) is 24.3 Å². The normalized spacial score (nSPS) is 14.3. The van der Waals surface area contributed by atoms with E-state index in [1.807, 2.05) is 24.3 Å². The molecule has 20 heavy (non-hydrogen) atoms. The Morgan fingerprint density at radius 2 is 2.10 bits per heavy atom. The van der Waals surface area contributed by atoms with E-state index in [9.17, 15) is 4.79 Å². The lowest BCUT2D eigenvalue weighted by Crippen LogP contribution is -2.28. The third-order valence-electron chi connectivity index (χ3n) is 3.20. The summed E-state index contributed by atoms with van der Waals surface area (Å²) >= 11 is 0. The number of para-hydroxylation sites is 1. The molecular formula is C16H24N2O2. The zero-order valence-electron chi connectivity index (χ0n) is 12.3. The minimum absolute atomic E-state index is 0.0521. The average Bonchev–Trinajstić information content (AvgIpc) is 3.22. The first-order valence-corrected chi connectivity index (χ1v) is 7.38. The molecule has 4 nitrogen and oxygen atoms in total. The van der Waals surface area contributed by atoms with E-state index in [0.717, 1.165) is 18.2 Å². The number of rotatable bonds is 8. The maximum Gasteiger partial charge on any atom is 0.253 e. The number of nitrogens with one attached hydrogen (secondary N) is 2. The molecule has 0 heterocycles. The highest BCUT2D eigenvalue weighted by Crippen LogP contribution is 2.28. The lowest BCUT2D eigenvalue weighted by molar-refractivity contribution is 0.0907. The van der Waals surface area contributed by atoms with Crippen LogP contribution in [0.4, 0.5) is 5.69 Å².